The number of furan rings is 1. The fraction of sp³-hybridized carbons (Fsp3) is 0.500. The molecule has 84 valence electrons. The molecule has 1 amide bonds. The molecule has 1 atom stereocenters. The van der Waals surface area contributed by atoms with Crippen LogP contribution in [0.1, 0.15) is 17.5 Å². The lowest BCUT2D eigenvalue weighted by Crippen LogP contribution is -2.31. The summed E-state index contributed by atoms with van der Waals surface area (Å²) in [6, 6.07) is 3.34. The molecule has 0 radical (unpaired) electrons. The van der Waals surface area contributed by atoms with Crippen LogP contribution in [0.3, 0.4) is 0 Å². The summed E-state index contributed by atoms with van der Waals surface area (Å²) < 4.78 is 5.69. The van der Waals surface area contributed by atoms with Crippen LogP contribution >= 0.6 is 15.9 Å². The van der Waals surface area contributed by atoms with E-state index < -0.39 is 0 Å². The molecule has 0 fully saturated rings. The summed E-state index contributed by atoms with van der Waals surface area (Å²) in [5, 5.41) is 5.86. The number of halogens is 1. The number of rotatable bonds is 5. The molecule has 1 aromatic rings. The van der Waals surface area contributed by atoms with Gasteiger partial charge in [-0.1, -0.05) is 6.92 Å². The van der Waals surface area contributed by atoms with Gasteiger partial charge in [-0.3, -0.25) is 4.79 Å². The van der Waals surface area contributed by atoms with Crippen molar-refractivity contribution in [3.63, 3.8) is 0 Å². The van der Waals surface area contributed by atoms with Gasteiger partial charge in [0.05, 0.1) is 0 Å². The fourth-order valence-corrected chi connectivity index (χ4v) is 1.52. The van der Waals surface area contributed by atoms with Crippen molar-refractivity contribution in [2.24, 2.45) is 5.92 Å². The second-order valence-electron chi connectivity index (χ2n) is 3.48. The van der Waals surface area contributed by atoms with Crippen molar-refractivity contribution in [3.05, 3.63) is 22.6 Å². The lowest BCUT2D eigenvalue weighted by molar-refractivity contribution is 0.0919. The summed E-state index contributed by atoms with van der Waals surface area (Å²) in [5.41, 5.74) is 0. The van der Waals surface area contributed by atoms with Crippen LogP contribution in [0, 0.1) is 5.92 Å². The highest BCUT2D eigenvalue weighted by Gasteiger charge is 2.10. The first-order valence-electron chi connectivity index (χ1n) is 4.81. The smallest absolute Gasteiger partial charge is 0.287 e. The predicted molar refractivity (Wildman–Crippen MR) is 61.8 cm³/mol. The zero-order valence-electron chi connectivity index (χ0n) is 8.84. The van der Waals surface area contributed by atoms with Crippen LogP contribution in [0.5, 0.6) is 0 Å². The minimum absolute atomic E-state index is 0.177. The standard InChI is InChI=1S/C10H15BrN2O2/c1-7(5-12-2)6-13-10(14)8-3-4-9(11)15-8/h3-4,7,12H,5-6H2,1-2H3,(H,13,14). The first-order chi connectivity index (χ1) is 7.13. The number of hydrogen-bond donors (Lipinski definition) is 2. The summed E-state index contributed by atoms with van der Waals surface area (Å²) in [6.07, 6.45) is 0. The summed E-state index contributed by atoms with van der Waals surface area (Å²) in [5.74, 6) is 0.555. The Labute approximate surface area is 97.5 Å². The Bertz CT molecular complexity index is 325. The van der Waals surface area contributed by atoms with Gasteiger partial charge >= 0.3 is 0 Å². The third-order valence-electron chi connectivity index (χ3n) is 1.96. The summed E-state index contributed by atoms with van der Waals surface area (Å²) in [6.45, 7) is 3.58. The maximum atomic E-state index is 11.5. The fourth-order valence-electron chi connectivity index (χ4n) is 1.21. The minimum Gasteiger partial charge on any atom is -0.444 e. The molecule has 1 heterocycles. The van der Waals surface area contributed by atoms with Crippen LogP contribution in [0.15, 0.2) is 21.2 Å². The average molecular weight is 275 g/mol. The van der Waals surface area contributed by atoms with E-state index >= 15 is 0 Å². The lowest BCUT2D eigenvalue weighted by Gasteiger charge is -2.10. The zero-order chi connectivity index (χ0) is 11.3. The zero-order valence-corrected chi connectivity index (χ0v) is 10.4. The molecule has 0 aliphatic heterocycles. The van der Waals surface area contributed by atoms with Gasteiger partial charge < -0.3 is 15.1 Å². The van der Waals surface area contributed by atoms with Crippen LogP contribution in [0.25, 0.3) is 0 Å². The molecule has 0 aromatic carbocycles. The number of nitrogens with one attached hydrogen (secondary N) is 2. The van der Waals surface area contributed by atoms with Crippen LogP contribution in [0.2, 0.25) is 0 Å². The van der Waals surface area contributed by atoms with Crippen molar-refractivity contribution in [1.82, 2.24) is 10.6 Å². The van der Waals surface area contributed by atoms with Gasteiger partial charge in [-0.2, -0.15) is 0 Å². The van der Waals surface area contributed by atoms with E-state index in [9.17, 15) is 4.79 Å². The van der Waals surface area contributed by atoms with Gasteiger partial charge in [0.15, 0.2) is 10.4 Å². The Morgan fingerprint density at radius 2 is 2.27 bits per heavy atom. The summed E-state index contributed by atoms with van der Waals surface area (Å²) >= 11 is 3.15. The normalized spacial score (nSPS) is 12.5. The van der Waals surface area contributed by atoms with Crippen molar-refractivity contribution in [1.29, 1.82) is 0 Å². The molecule has 0 spiro atoms. The molecule has 15 heavy (non-hydrogen) atoms. The highest BCUT2D eigenvalue weighted by molar-refractivity contribution is 9.10. The second-order valence-corrected chi connectivity index (χ2v) is 4.26. The molecule has 1 aromatic heterocycles. The SMILES string of the molecule is CNCC(C)CNC(=O)c1ccc(Br)o1. The van der Waals surface area contributed by atoms with Crippen LogP contribution in [-0.2, 0) is 0 Å². The first kappa shape index (κ1) is 12.3. The van der Waals surface area contributed by atoms with Gasteiger partial charge in [0, 0.05) is 6.54 Å². The molecule has 5 heteroatoms. The van der Waals surface area contributed by atoms with Gasteiger partial charge in [-0.25, -0.2) is 0 Å². The van der Waals surface area contributed by atoms with Gasteiger partial charge in [0.25, 0.3) is 5.91 Å². The summed E-state index contributed by atoms with van der Waals surface area (Å²) in [4.78, 5) is 11.5. The first-order valence-corrected chi connectivity index (χ1v) is 5.61. The largest absolute Gasteiger partial charge is 0.444 e. The Morgan fingerprint density at radius 1 is 1.53 bits per heavy atom. The third kappa shape index (κ3) is 4.05. The van der Waals surface area contributed by atoms with Crippen molar-refractivity contribution in [2.45, 2.75) is 6.92 Å². The predicted octanol–water partition coefficient (Wildman–Crippen LogP) is 1.63. The number of carbonyl (C=O) groups is 1. The topological polar surface area (TPSA) is 54.3 Å². The molecule has 2 N–H and O–H groups in total. The molecule has 0 bridgehead atoms. The number of amides is 1. The average Bonchev–Trinajstić information content (AvgIpc) is 2.62. The van der Waals surface area contributed by atoms with Crippen molar-refractivity contribution in [3.8, 4) is 0 Å². The summed E-state index contributed by atoms with van der Waals surface area (Å²) in [7, 11) is 1.89. The molecule has 4 nitrogen and oxygen atoms in total. The molecule has 0 saturated carbocycles. The van der Waals surface area contributed by atoms with Crippen molar-refractivity contribution >= 4 is 21.8 Å². The molecule has 1 unspecified atom stereocenters. The lowest BCUT2D eigenvalue weighted by atomic mass is 10.2. The van der Waals surface area contributed by atoms with E-state index in [0.717, 1.165) is 6.54 Å². The van der Waals surface area contributed by atoms with E-state index in [1.165, 1.54) is 0 Å². The monoisotopic (exact) mass is 274 g/mol. The minimum atomic E-state index is -0.177. The van der Waals surface area contributed by atoms with E-state index in [-0.39, 0.29) is 5.91 Å². The van der Waals surface area contributed by atoms with Crippen molar-refractivity contribution < 1.29 is 9.21 Å². The van der Waals surface area contributed by atoms with Crippen LogP contribution < -0.4 is 10.6 Å². The molecule has 0 aliphatic rings. The van der Waals surface area contributed by atoms with E-state index in [2.05, 4.69) is 33.5 Å². The molecular weight excluding hydrogens is 260 g/mol. The molecule has 0 aliphatic carbocycles. The van der Waals surface area contributed by atoms with Gasteiger partial charge in [0.2, 0.25) is 0 Å². The molecule has 1 rings (SSSR count). The molecule has 0 saturated heterocycles. The van der Waals surface area contributed by atoms with Gasteiger partial charge in [-0.15, -0.1) is 0 Å². The van der Waals surface area contributed by atoms with Gasteiger partial charge in [0.1, 0.15) is 0 Å². The van der Waals surface area contributed by atoms with Crippen molar-refractivity contribution in [2.75, 3.05) is 20.1 Å². The van der Waals surface area contributed by atoms with E-state index in [1.54, 1.807) is 12.1 Å². The second kappa shape index (κ2) is 5.92. The maximum absolute atomic E-state index is 11.5. The van der Waals surface area contributed by atoms with E-state index in [4.69, 9.17) is 4.42 Å². The quantitative estimate of drug-likeness (QED) is 0.858. The Kier molecular flexibility index (Phi) is 4.84. The maximum Gasteiger partial charge on any atom is 0.287 e. The number of hydrogen-bond acceptors (Lipinski definition) is 3. The van der Waals surface area contributed by atoms with Crippen LogP contribution in [-0.4, -0.2) is 26.0 Å². The number of carbonyl (C=O) groups excluding carboxylic acids is 1. The van der Waals surface area contributed by atoms with E-state index in [1.807, 2.05) is 7.05 Å². The third-order valence-corrected chi connectivity index (χ3v) is 2.39. The molecular formula is C10H15BrN2O2. The Hall–Kier alpha value is -0.810. The Morgan fingerprint density at radius 3 is 2.80 bits per heavy atom. The highest BCUT2D eigenvalue weighted by atomic mass is 79.9. The van der Waals surface area contributed by atoms with Gasteiger partial charge in [-0.05, 0) is 47.6 Å². The van der Waals surface area contributed by atoms with Crippen LogP contribution in [0.4, 0.5) is 0 Å². The van der Waals surface area contributed by atoms with E-state index in [0.29, 0.717) is 22.9 Å². The Balaban J connectivity index is 2.36. The highest BCUT2D eigenvalue weighted by Crippen LogP contribution is 2.13.